The average molecular weight is 442 g/mol. The molecule has 8 nitrogen and oxygen atoms in total. The fourth-order valence-corrected chi connectivity index (χ4v) is 3.67. The van der Waals surface area contributed by atoms with Gasteiger partial charge >= 0.3 is 6.18 Å². The lowest BCUT2D eigenvalue weighted by molar-refractivity contribution is -0.144. The first-order valence-electron chi connectivity index (χ1n) is 8.39. The van der Waals surface area contributed by atoms with E-state index >= 15 is 0 Å². The highest BCUT2D eigenvalue weighted by Gasteiger charge is 2.36. The number of aromatic nitrogens is 3. The van der Waals surface area contributed by atoms with Crippen LogP contribution in [0.15, 0.2) is 47.6 Å². The topological polar surface area (TPSA) is 109 Å². The Hall–Kier alpha value is -3.12. The molecule has 0 bridgehead atoms. The fourth-order valence-electron chi connectivity index (χ4n) is 2.90. The lowest BCUT2D eigenvalue weighted by Gasteiger charge is -2.15. The number of nitrogens with zero attached hydrogens (tertiary/aromatic N) is 3. The Bertz CT molecular complexity index is 1180. The zero-order valence-electron chi connectivity index (χ0n) is 15.8. The summed E-state index contributed by atoms with van der Waals surface area (Å²) in [5.74, 6) is -0.407. The maximum Gasteiger partial charge on any atom is 0.453 e. The van der Waals surface area contributed by atoms with Gasteiger partial charge in [-0.25, -0.2) is 23.2 Å². The van der Waals surface area contributed by atoms with Crippen LogP contribution in [-0.2, 0) is 22.6 Å². The third-order valence-electron chi connectivity index (χ3n) is 4.24. The van der Waals surface area contributed by atoms with E-state index in [2.05, 4.69) is 10.1 Å². The molecule has 1 aromatic heterocycles. The normalized spacial score (nSPS) is 12.1. The summed E-state index contributed by atoms with van der Waals surface area (Å²) in [6.07, 6.45) is -3.88. The minimum absolute atomic E-state index is 0.118. The van der Waals surface area contributed by atoms with Crippen LogP contribution in [0.2, 0.25) is 0 Å². The van der Waals surface area contributed by atoms with Gasteiger partial charge in [0.05, 0.1) is 19.9 Å². The molecule has 0 aliphatic carbocycles. The van der Waals surface area contributed by atoms with E-state index in [0.29, 0.717) is 22.6 Å². The highest BCUT2D eigenvalue weighted by Crippen LogP contribution is 2.32. The Morgan fingerprint density at radius 1 is 1.10 bits per heavy atom. The number of benzene rings is 2. The first kappa shape index (κ1) is 21.6. The molecule has 0 aliphatic heterocycles. The summed E-state index contributed by atoms with van der Waals surface area (Å²) in [6, 6.07) is 9.20. The third-order valence-corrected chi connectivity index (χ3v) is 5.18. The summed E-state index contributed by atoms with van der Waals surface area (Å²) in [4.78, 5) is 2.86. The lowest BCUT2D eigenvalue weighted by atomic mass is 10.0. The number of primary sulfonamides is 1. The molecule has 1 heterocycles. The second kappa shape index (κ2) is 7.95. The van der Waals surface area contributed by atoms with Crippen LogP contribution in [0.5, 0.6) is 11.5 Å². The molecule has 3 rings (SSSR count). The van der Waals surface area contributed by atoms with Gasteiger partial charge in [0.2, 0.25) is 10.0 Å². The molecule has 0 unspecified atom stereocenters. The highest BCUT2D eigenvalue weighted by atomic mass is 32.2. The molecule has 3 aromatic rings. The van der Waals surface area contributed by atoms with E-state index in [0.717, 1.165) is 11.0 Å². The Labute approximate surface area is 170 Å². The summed E-state index contributed by atoms with van der Waals surface area (Å²) < 4.78 is 74.3. The molecule has 0 amide bonds. The van der Waals surface area contributed by atoms with E-state index in [9.17, 15) is 21.6 Å². The quantitative estimate of drug-likeness (QED) is 0.628. The molecule has 0 saturated carbocycles. The molecule has 0 saturated heterocycles. The van der Waals surface area contributed by atoms with Crippen LogP contribution in [0.3, 0.4) is 0 Å². The predicted octanol–water partition coefficient (Wildman–Crippen LogP) is 2.54. The van der Waals surface area contributed by atoms with Crippen LogP contribution < -0.4 is 14.6 Å². The van der Waals surface area contributed by atoms with Gasteiger partial charge in [-0.2, -0.15) is 13.2 Å². The van der Waals surface area contributed by atoms with Gasteiger partial charge in [0.15, 0.2) is 0 Å². The van der Waals surface area contributed by atoms with E-state index in [-0.39, 0.29) is 17.0 Å². The molecule has 0 radical (unpaired) electrons. The van der Waals surface area contributed by atoms with E-state index in [1.807, 2.05) is 0 Å². The Kier molecular flexibility index (Phi) is 5.72. The number of hydrogen-bond acceptors (Lipinski definition) is 6. The molecule has 0 fully saturated rings. The molecule has 2 N–H and O–H groups in total. The first-order chi connectivity index (χ1) is 14.0. The predicted molar refractivity (Wildman–Crippen MR) is 100 cm³/mol. The van der Waals surface area contributed by atoms with Gasteiger partial charge in [-0.15, -0.1) is 5.10 Å². The van der Waals surface area contributed by atoms with Gasteiger partial charge in [-0.3, -0.25) is 0 Å². The smallest absolute Gasteiger partial charge is 0.453 e. The van der Waals surface area contributed by atoms with Gasteiger partial charge in [-0.05, 0) is 23.3 Å². The van der Waals surface area contributed by atoms with Crippen LogP contribution in [-0.4, -0.2) is 37.4 Å². The number of para-hydroxylation sites is 1. The van der Waals surface area contributed by atoms with Crippen molar-refractivity contribution in [1.29, 1.82) is 0 Å². The standard InChI is InChI=1S/C18H17F3N4O4S/c1-28-13-7-6-11(14(9-13)29-2)8-12-4-3-5-15(30(22,26)27)16(12)25-10-23-17(24-25)18(19,20)21/h3-7,9-10H,8H2,1-2H3,(H2,22,26,27). The number of nitrogens with two attached hydrogens (primary N) is 1. The SMILES string of the molecule is COc1ccc(Cc2cccc(S(N)(=O)=O)c2-n2cnc(C(F)(F)F)n2)c(OC)c1. The minimum atomic E-state index is -4.79. The number of halogens is 3. The van der Waals surface area contributed by atoms with Crippen LogP contribution in [0.1, 0.15) is 17.0 Å². The van der Waals surface area contributed by atoms with Gasteiger partial charge in [0.25, 0.3) is 5.82 Å². The molecular weight excluding hydrogens is 425 g/mol. The zero-order valence-corrected chi connectivity index (χ0v) is 16.7. The van der Waals surface area contributed by atoms with Crippen LogP contribution in [0.25, 0.3) is 5.69 Å². The van der Waals surface area contributed by atoms with Crippen molar-refractivity contribution in [3.63, 3.8) is 0 Å². The summed E-state index contributed by atoms with van der Waals surface area (Å²) in [5.41, 5.74) is 0.867. The number of methoxy groups -OCH3 is 2. The van der Waals surface area contributed by atoms with Crippen LogP contribution >= 0.6 is 0 Å². The second-order valence-electron chi connectivity index (χ2n) is 6.17. The molecule has 0 spiro atoms. The summed E-state index contributed by atoms with van der Waals surface area (Å²) in [7, 11) is -1.33. The van der Waals surface area contributed by atoms with Gasteiger partial charge in [0, 0.05) is 12.5 Å². The van der Waals surface area contributed by atoms with E-state index in [1.165, 1.54) is 26.4 Å². The zero-order chi connectivity index (χ0) is 22.1. The number of alkyl halides is 3. The average Bonchev–Trinajstić information content (AvgIpc) is 3.18. The van der Waals surface area contributed by atoms with Gasteiger partial charge in [-0.1, -0.05) is 18.2 Å². The van der Waals surface area contributed by atoms with Crippen molar-refractivity contribution in [3.05, 3.63) is 59.7 Å². The maximum absolute atomic E-state index is 13.0. The molecular formula is C18H17F3N4O4S. The minimum Gasteiger partial charge on any atom is -0.497 e. The monoisotopic (exact) mass is 442 g/mol. The summed E-state index contributed by atoms with van der Waals surface area (Å²) in [5, 5.41) is 8.70. The number of sulfonamides is 1. The molecule has 0 atom stereocenters. The summed E-state index contributed by atoms with van der Waals surface area (Å²) in [6.45, 7) is 0. The molecule has 12 heteroatoms. The lowest BCUT2D eigenvalue weighted by Crippen LogP contribution is -2.17. The van der Waals surface area contributed by atoms with E-state index < -0.39 is 22.0 Å². The van der Waals surface area contributed by atoms with Crippen LogP contribution in [0.4, 0.5) is 13.2 Å². The number of ether oxygens (including phenoxy) is 2. The maximum atomic E-state index is 13.0. The van der Waals surface area contributed by atoms with Crippen molar-refractivity contribution >= 4 is 10.0 Å². The fraction of sp³-hybridized carbons (Fsp3) is 0.222. The van der Waals surface area contributed by atoms with Gasteiger partial charge < -0.3 is 9.47 Å². The van der Waals surface area contributed by atoms with Crippen molar-refractivity contribution in [2.45, 2.75) is 17.5 Å². The van der Waals surface area contributed by atoms with Gasteiger partial charge in [0.1, 0.15) is 22.7 Å². The van der Waals surface area contributed by atoms with Crippen molar-refractivity contribution in [3.8, 4) is 17.2 Å². The summed E-state index contributed by atoms with van der Waals surface area (Å²) >= 11 is 0. The largest absolute Gasteiger partial charge is 0.497 e. The van der Waals surface area contributed by atoms with Crippen molar-refractivity contribution in [2.75, 3.05) is 14.2 Å². The third kappa shape index (κ3) is 4.39. The Balaban J connectivity index is 2.18. The van der Waals surface area contributed by atoms with Crippen molar-refractivity contribution in [1.82, 2.24) is 14.8 Å². The number of hydrogen-bond donors (Lipinski definition) is 1. The second-order valence-corrected chi connectivity index (χ2v) is 7.70. The van der Waals surface area contributed by atoms with Crippen molar-refractivity contribution in [2.24, 2.45) is 5.14 Å². The number of rotatable bonds is 6. The molecule has 30 heavy (non-hydrogen) atoms. The molecule has 0 aliphatic rings. The van der Waals surface area contributed by atoms with E-state index in [4.69, 9.17) is 14.6 Å². The van der Waals surface area contributed by atoms with Crippen molar-refractivity contribution < 1.29 is 31.1 Å². The Morgan fingerprint density at radius 2 is 1.83 bits per heavy atom. The Morgan fingerprint density at radius 3 is 2.40 bits per heavy atom. The highest BCUT2D eigenvalue weighted by molar-refractivity contribution is 7.89. The first-order valence-corrected chi connectivity index (χ1v) is 9.94. The van der Waals surface area contributed by atoms with Crippen LogP contribution in [0, 0.1) is 0 Å². The van der Waals surface area contributed by atoms with E-state index in [1.54, 1.807) is 24.3 Å². The molecule has 2 aromatic carbocycles. The molecule has 160 valence electrons.